The van der Waals surface area contributed by atoms with Crippen molar-refractivity contribution in [2.75, 3.05) is 21.3 Å². The van der Waals surface area contributed by atoms with E-state index in [0.29, 0.717) is 19.4 Å². The molecule has 1 N–H and O–H groups in total. The minimum Gasteiger partial charge on any atom is -0.493 e. The third kappa shape index (κ3) is 4.63. The van der Waals surface area contributed by atoms with E-state index in [1.54, 1.807) is 7.05 Å². The molecule has 0 atom stereocenters. The number of hydrogen-bond acceptors (Lipinski definition) is 8. The standard InChI is InChI=1S/C23H30N4O8S/c1-7-11-26-21-17(22(28)27(12-8-2)23(26)29)25(3)16(24-21)10-9-14-13-15(33-4)18(34-5)19(35-6)20(14)36(30,31)32/h9-10,13H,7-8,11-12H2,1-6H3,(H,30,31,32)/b10-9+. The molecule has 0 saturated heterocycles. The molecule has 0 saturated carbocycles. The van der Waals surface area contributed by atoms with Crippen molar-refractivity contribution in [3.8, 4) is 17.2 Å². The van der Waals surface area contributed by atoms with E-state index in [9.17, 15) is 22.6 Å². The lowest BCUT2D eigenvalue weighted by Gasteiger charge is -2.16. The highest BCUT2D eigenvalue weighted by atomic mass is 32.2. The van der Waals surface area contributed by atoms with Gasteiger partial charge in [0.25, 0.3) is 15.7 Å². The molecule has 0 unspecified atom stereocenters. The molecule has 2 heterocycles. The molecule has 0 aliphatic rings. The Morgan fingerprint density at radius 1 is 0.972 bits per heavy atom. The molecule has 196 valence electrons. The Kier molecular flexibility index (Phi) is 7.94. The van der Waals surface area contributed by atoms with Gasteiger partial charge in [-0.25, -0.2) is 9.78 Å². The lowest BCUT2D eigenvalue weighted by Crippen LogP contribution is -2.40. The van der Waals surface area contributed by atoms with E-state index in [1.807, 2.05) is 13.8 Å². The van der Waals surface area contributed by atoms with Crippen molar-refractivity contribution >= 4 is 33.4 Å². The molecule has 0 fully saturated rings. The Balaban J connectivity index is 2.32. The van der Waals surface area contributed by atoms with Gasteiger partial charge in [0.2, 0.25) is 5.75 Å². The average molecular weight is 523 g/mol. The number of hydrogen-bond donors (Lipinski definition) is 1. The summed E-state index contributed by atoms with van der Waals surface area (Å²) in [5.74, 6) is 0.220. The van der Waals surface area contributed by atoms with Crippen molar-refractivity contribution in [1.82, 2.24) is 18.7 Å². The summed E-state index contributed by atoms with van der Waals surface area (Å²) in [6.07, 6.45) is 4.13. The average Bonchev–Trinajstić information content (AvgIpc) is 3.17. The summed E-state index contributed by atoms with van der Waals surface area (Å²) in [6.45, 7) is 4.44. The first kappa shape index (κ1) is 27.0. The Labute approximate surface area is 208 Å². The topological polar surface area (TPSA) is 144 Å². The van der Waals surface area contributed by atoms with E-state index in [2.05, 4.69) is 4.98 Å². The number of methoxy groups -OCH3 is 3. The van der Waals surface area contributed by atoms with Crippen molar-refractivity contribution in [3.05, 3.63) is 38.3 Å². The normalized spacial score (nSPS) is 12.0. The van der Waals surface area contributed by atoms with Crippen LogP contribution in [-0.4, -0.2) is 53.0 Å². The van der Waals surface area contributed by atoms with E-state index in [1.165, 1.54) is 53.2 Å². The summed E-state index contributed by atoms with van der Waals surface area (Å²) in [6, 6.07) is 1.37. The van der Waals surface area contributed by atoms with Gasteiger partial charge in [0.1, 0.15) is 10.7 Å². The molecule has 0 radical (unpaired) electrons. The summed E-state index contributed by atoms with van der Waals surface area (Å²) >= 11 is 0. The molecule has 2 aromatic heterocycles. The second kappa shape index (κ2) is 10.6. The van der Waals surface area contributed by atoms with Crippen LogP contribution in [0.5, 0.6) is 17.2 Å². The minimum absolute atomic E-state index is 0.00689. The summed E-state index contributed by atoms with van der Waals surface area (Å²) in [4.78, 5) is 30.1. The van der Waals surface area contributed by atoms with Crippen LogP contribution in [0.15, 0.2) is 20.6 Å². The Morgan fingerprint density at radius 3 is 2.11 bits per heavy atom. The molecule has 0 bridgehead atoms. The van der Waals surface area contributed by atoms with Gasteiger partial charge in [-0.2, -0.15) is 8.42 Å². The van der Waals surface area contributed by atoms with Crippen LogP contribution in [0, 0.1) is 0 Å². The van der Waals surface area contributed by atoms with Crippen LogP contribution in [0.4, 0.5) is 0 Å². The Hall–Kier alpha value is -3.58. The van der Waals surface area contributed by atoms with Gasteiger partial charge in [-0.15, -0.1) is 0 Å². The number of aryl methyl sites for hydroxylation is 2. The fraction of sp³-hybridized carbons (Fsp3) is 0.435. The first-order valence-corrected chi connectivity index (χ1v) is 12.7. The van der Waals surface area contributed by atoms with Crippen molar-refractivity contribution in [2.24, 2.45) is 7.05 Å². The van der Waals surface area contributed by atoms with Crippen LogP contribution in [0.3, 0.4) is 0 Å². The van der Waals surface area contributed by atoms with E-state index < -0.39 is 26.3 Å². The first-order valence-electron chi connectivity index (χ1n) is 11.2. The van der Waals surface area contributed by atoms with Gasteiger partial charge < -0.3 is 18.8 Å². The highest BCUT2D eigenvalue weighted by molar-refractivity contribution is 7.86. The lowest BCUT2D eigenvalue weighted by molar-refractivity contribution is 0.317. The zero-order valence-corrected chi connectivity index (χ0v) is 21.9. The van der Waals surface area contributed by atoms with Crippen molar-refractivity contribution in [1.29, 1.82) is 0 Å². The molecular weight excluding hydrogens is 492 g/mol. The molecule has 0 spiro atoms. The quantitative estimate of drug-likeness (QED) is 0.396. The van der Waals surface area contributed by atoms with Gasteiger partial charge in [0, 0.05) is 25.7 Å². The molecule has 0 aliphatic carbocycles. The molecule has 3 aromatic rings. The summed E-state index contributed by atoms with van der Waals surface area (Å²) in [7, 11) is 0.800. The van der Waals surface area contributed by atoms with Crippen LogP contribution in [-0.2, 0) is 30.3 Å². The van der Waals surface area contributed by atoms with Gasteiger partial charge in [-0.1, -0.05) is 13.8 Å². The number of nitrogens with zero attached hydrogens (tertiary/aromatic N) is 4. The molecule has 1 aromatic carbocycles. The lowest BCUT2D eigenvalue weighted by atomic mass is 10.1. The van der Waals surface area contributed by atoms with Gasteiger partial charge in [0.15, 0.2) is 22.7 Å². The van der Waals surface area contributed by atoms with E-state index in [0.717, 1.165) is 0 Å². The monoisotopic (exact) mass is 522 g/mol. The maximum absolute atomic E-state index is 13.1. The van der Waals surface area contributed by atoms with Gasteiger partial charge in [-0.3, -0.25) is 18.5 Å². The zero-order chi connectivity index (χ0) is 26.8. The summed E-state index contributed by atoms with van der Waals surface area (Å²) < 4.78 is 54.4. The van der Waals surface area contributed by atoms with Crippen molar-refractivity contribution < 1.29 is 27.2 Å². The maximum Gasteiger partial charge on any atom is 0.332 e. The fourth-order valence-corrected chi connectivity index (χ4v) is 4.91. The van der Waals surface area contributed by atoms with Crippen LogP contribution in [0.1, 0.15) is 38.1 Å². The third-order valence-electron chi connectivity index (χ3n) is 5.65. The van der Waals surface area contributed by atoms with Crippen molar-refractivity contribution in [3.63, 3.8) is 0 Å². The zero-order valence-electron chi connectivity index (χ0n) is 21.1. The number of imidazole rings is 1. The maximum atomic E-state index is 13.1. The van der Waals surface area contributed by atoms with E-state index in [-0.39, 0.29) is 46.3 Å². The van der Waals surface area contributed by atoms with Gasteiger partial charge in [0.05, 0.1) is 21.3 Å². The summed E-state index contributed by atoms with van der Waals surface area (Å²) in [5, 5.41) is 0. The first-order chi connectivity index (χ1) is 17.0. The predicted octanol–water partition coefficient (Wildman–Crippen LogP) is 2.16. The SMILES string of the molecule is CCCn1c(=O)c2c(nc(/C=C/c3cc(OC)c(OC)c(OC)c3S(=O)(=O)O)n2C)n(CCC)c1=O. The third-order valence-corrected chi connectivity index (χ3v) is 6.59. The largest absolute Gasteiger partial charge is 0.493 e. The second-order valence-corrected chi connectivity index (χ2v) is 9.32. The smallest absolute Gasteiger partial charge is 0.332 e. The number of rotatable bonds is 10. The number of aromatic nitrogens is 4. The Bertz CT molecular complexity index is 1550. The molecule has 12 nitrogen and oxygen atoms in total. The molecule has 36 heavy (non-hydrogen) atoms. The van der Waals surface area contributed by atoms with Crippen LogP contribution in [0.2, 0.25) is 0 Å². The molecule has 3 rings (SSSR count). The highest BCUT2D eigenvalue weighted by Crippen LogP contribution is 2.44. The van der Waals surface area contributed by atoms with Crippen LogP contribution in [0.25, 0.3) is 23.3 Å². The summed E-state index contributed by atoms with van der Waals surface area (Å²) in [5.41, 5.74) is -0.362. The number of fused-ring (bicyclic) bond motifs is 1. The number of ether oxygens (including phenoxy) is 3. The Morgan fingerprint density at radius 2 is 1.58 bits per heavy atom. The van der Waals surface area contributed by atoms with Crippen LogP contribution >= 0.6 is 0 Å². The molecular formula is C23H30N4O8S. The fourth-order valence-electron chi connectivity index (χ4n) is 4.08. The van der Waals surface area contributed by atoms with E-state index in [4.69, 9.17) is 14.2 Å². The molecule has 0 aliphatic heterocycles. The van der Waals surface area contributed by atoms with Crippen molar-refractivity contribution in [2.45, 2.75) is 44.7 Å². The van der Waals surface area contributed by atoms with Crippen LogP contribution < -0.4 is 25.5 Å². The highest BCUT2D eigenvalue weighted by Gasteiger charge is 2.28. The van der Waals surface area contributed by atoms with Gasteiger partial charge in [-0.05, 0) is 31.1 Å². The van der Waals surface area contributed by atoms with Gasteiger partial charge >= 0.3 is 5.69 Å². The number of benzene rings is 1. The molecule has 13 heteroatoms. The second-order valence-electron chi connectivity index (χ2n) is 7.96. The molecule has 0 amide bonds. The van der Waals surface area contributed by atoms with E-state index >= 15 is 0 Å². The predicted molar refractivity (Wildman–Crippen MR) is 135 cm³/mol. The minimum atomic E-state index is -4.75.